The lowest BCUT2D eigenvalue weighted by Crippen LogP contribution is -2.36. The number of rotatable bonds is 6. The molecular formula is C16H24ClN3O2S. The van der Waals surface area contributed by atoms with Gasteiger partial charge in [0.2, 0.25) is 10.0 Å². The molecule has 2 N–H and O–H groups in total. The second kappa shape index (κ2) is 9.89. The molecule has 7 heteroatoms. The maximum absolute atomic E-state index is 12.2. The van der Waals surface area contributed by atoms with E-state index in [9.17, 15) is 8.42 Å². The van der Waals surface area contributed by atoms with Crippen LogP contribution in [0.1, 0.15) is 44.1 Å². The van der Waals surface area contributed by atoms with Gasteiger partial charge in [0.1, 0.15) is 0 Å². The van der Waals surface area contributed by atoms with Crippen molar-refractivity contribution in [1.82, 2.24) is 10.0 Å². The molecule has 1 fully saturated rings. The minimum Gasteiger partial charge on any atom is -0.313 e. The summed E-state index contributed by atoms with van der Waals surface area (Å²) in [6.07, 6.45) is 7.47. The fourth-order valence-electron chi connectivity index (χ4n) is 2.76. The van der Waals surface area contributed by atoms with Gasteiger partial charge in [0.05, 0.1) is 16.5 Å². The van der Waals surface area contributed by atoms with E-state index in [2.05, 4.69) is 10.0 Å². The van der Waals surface area contributed by atoms with E-state index in [0.717, 1.165) is 0 Å². The van der Waals surface area contributed by atoms with Crippen molar-refractivity contribution < 1.29 is 8.42 Å². The van der Waals surface area contributed by atoms with Crippen molar-refractivity contribution in [3.8, 4) is 6.07 Å². The third-order valence-electron chi connectivity index (χ3n) is 3.98. The van der Waals surface area contributed by atoms with E-state index in [1.165, 1.54) is 50.7 Å². The highest BCUT2D eigenvalue weighted by Crippen LogP contribution is 2.17. The van der Waals surface area contributed by atoms with Crippen LogP contribution in [0.5, 0.6) is 0 Å². The monoisotopic (exact) mass is 357 g/mol. The highest BCUT2D eigenvalue weighted by atomic mass is 35.5. The molecule has 0 aliphatic heterocycles. The first-order valence-electron chi connectivity index (χ1n) is 7.85. The van der Waals surface area contributed by atoms with Crippen LogP contribution >= 0.6 is 12.4 Å². The molecule has 0 bridgehead atoms. The first-order valence-corrected chi connectivity index (χ1v) is 9.33. The van der Waals surface area contributed by atoms with Crippen molar-refractivity contribution in [3.05, 3.63) is 29.8 Å². The summed E-state index contributed by atoms with van der Waals surface area (Å²) in [5.74, 6) is 0. The molecule has 1 aliphatic carbocycles. The van der Waals surface area contributed by atoms with Crippen molar-refractivity contribution in [2.75, 3.05) is 13.1 Å². The zero-order valence-electron chi connectivity index (χ0n) is 13.1. The van der Waals surface area contributed by atoms with E-state index in [4.69, 9.17) is 5.26 Å². The third-order valence-corrected chi connectivity index (χ3v) is 5.44. The van der Waals surface area contributed by atoms with Crippen LogP contribution < -0.4 is 10.0 Å². The number of nitriles is 1. The van der Waals surface area contributed by atoms with Crippen molar-refractivity contribution in [1.29, 1.82) is 5.26 Å². The Labute approximate surface area is 144 Å². The van der Waals surface area contributed by atoms with E-state index in [-0.39, 0.29) is 17.3 Å². The molecule has 128 valence electrons. The highest BCUT2D eigenvalue weighted by Gasteiger charge is 2.15. The Morgan fingerprint density at radius 3 is 2.48 bits per heavy atom. The van der Waals surface area contributed by atoms with Crippen LogP contribution in [0.4, 0.5) is 0 Å². The second-order valence-corrected chi connectivity index (χ2v) is 7.45. The number of nitrogens with zero attached hydrogens (tertiary/aromatic N) is 1. The maximum Gasteiger partial charge on any atom is 0.240 e. The summed E-state index contributed by atoms with van der Waals surface area (Å²) in [6, 6.07) is 8.52. The van der Waals surface area contributed by atoms with Crippen molar-refractivity contribution in [2.24, 2.45) is 0 Å². The van der Waals surface area contributed by atoms with E-state index in [1.807, 2.05) is 6.07 Å². The zero-order chi connectivity index (χ0) is 15.8. The minimum absolute atomic E-state index is 0. The Bertz CT molecular complexity index is 620. The number of sulfonamides is 1. The van der Waals surface area contributed by atoms with Crippen molar-refractivity contribution in [2.45, 2.75) is 49.5 Å². The molecule has 1 aliphatic rings. The SMILES string of the molecule is Cl.N#Cc1cccc(S(=O)(=O)NCCNC2CCCCCC2)c1. The fraction of sp³-hybridized carbons (Fsp3) is 0.562. The largest absolute Gasteiger partial charge is 0.313 e. The summed E-state index contributed by atoms with van der Waals surface area (Å²) in [7, 11) is -3.54. The molecule has 2 rings (SSSR count). The summed E-state index contributed by atoms with van der Waals surface area (Å²) < 4.78 is 26.9. The molecule has 1 aromatic carbocycles. The molecule has 0 aromatic heterocycles. The highest BCUT2D eigenvalue weighted by molar-refractivity contribution is 7.89. The summed E-state index contributed by atoms with van der Waals surface area (Å²) in [5, 5.41) is 12.3. The fourth-order valence-corrected chi connectivity index (χ4v) is 3.84. The average Bonchev–Trinajstić information content (AvgIpc) is 2.80. The average molecular weight is 358 g/mol. The zero-order valence-corrected chi connectivity index (χ0v) is 14.8. The van der Waals surface area contributed by atoms with Crippen LogP contribution in [-0.4, -0.2) is 27.5 Å². The molecule has 0 saturated heterocycles. The first-order chi connectivity index (χ1) is 10.6. The molecule has 0 spiro atoms. The van der Waals surface area contributed by atoms with Gasteiger partial charge in [-0.15, -0.1) is 12.4 Å². The molecule has 0 atom stereocenters. The topological polar surface area (TPSA) is 82.0 Å². The predicted octanol–water partition coefficient (Wildman–Crippen LogP) is 2.57. The molecule has 0 heterocycles. The first kappa shape index (κ1) is 19.9. The van der Waals surface area contributed by atoms with Gasteiger partial charge in [-0.2, -0.15) is 5.26 Å². The van der Waals surface area contributed by atoms with Gasteiger partial charge in [0.25, 0.3) is 0 Å². The number of halogens is 1. The Morgan fingerprint density at radius 2 is 1.83 bits per heavy atom. The Hall–Kier alpha value is -1.13. The van der Waals surface area contributed by atoms with E-state index >= 15 is 0 Å². The Morgan fingerprint density at radius 1 is 1.13 bits per heavy atom. The van der Waals surface area contributed by atoms with Crippen LogP contribution in [0.25, 0.3) is 0 Å². The second-order valence-electron chi connectivity index (χ2n) is 5.68. The molecule has 23 heavy (non-hydrogen) atoms. The summed E-state index contributed by atoms with van der Waals surface area (Å²) in [4.78, 5) is 0.140. The van der Waals surface area contributed by atoms with Gasteiger partial charge in [0.15, 0.2) is 0 Å². The molecule has 1 aromatic rings. The van der Waals surface area contributed by atoms with Gasteiger partial charge in [-0.1, -0.05) is 31.7 Å². The summed E-state index contributed by atoms with van der Waals surface area (Å²) >= 11 is 0. The van der Waals surface area contributed by atoms with Crippen LogP contribution in [-0.2, 0) is 10.0 Å². The van der Waals surface area contributed by atoms with Crippen LogP contribution in [0.3, 0.4) is 0 Å². The molecule has 5 nitrogen and oxygen atoms in total. The molecular weight excluding hydrogens is 334 g/mol. The van der Waals surface area contributed by atoms with Crippen molar-refractivity contribution >= 4 is 22.4 Å². The van der Waals surface area contributed by atoms with Crippen molar-refractivity contribution in [3.63, 3.8) is 0 Å². The van der Waals surface area contributed by atoms with Gasteiger partial charge in [-0.25, -0.2) is 13.1 Å². The molecule has 1 saturated carbocycles. The molecule has 0 radical (unpaired) electrons. The lowest BCUT2D eigenvalue weighted by atomic mass is 10.1. The number of hydrogen-bond donors (Lipinski definition) is 2. The lowest BCUT2D eigenvalue weighted by molar-refractivity contribution is 0.461. The Balaban J connectivity index is 0.00000264. The number of hydrogen-bond acceptors (Lipinski definition) is 4. The molecule has 0 unspecified atom stereocenters. The number of benzene rings is 1. The minimum atomic E-state index is -3.54. The number of nitrogens with one attached hydrogen (secondary N) is 2. The smallest absolute Gasteiger partial charge is 0.240 e. The third kappa shape index (κ3) is 6.48. The predicted molar refractivity (Wildman–Crippen MR) is 93.1 cm³/mol. The summed E-state index contributed by atoms with van der Waals surface area (Å²) in [6.45, 7) is 0.984. The normalized spacial score (nSPS) is 16.1. The van der Waals surface area contributed by atoms with E-state index in [0.29, 0.717) is 24.7 Å². The van der Waals surface area contributed by atoms with Crippen LogP contribution in [0.15, 0.2) is 29.2 Å². The van der Waals surface area contributed by atoms with E-state index in [1.54, 1.807) is 12.1 Å². The maximum atomic E-state index is 12.2. The van der Waals surface area contributed by atoms with E-state index < -0.39 is 10.0 Å². The van der Waals surface area contributed by atoms with Gasteiger partial charge >= 0.3 is 0 Å². The summed E-state index contributed by atoms with van der Waals surface area (Å²) in [5.41, 5.74) is 0.347. The Kier molecular flexibility index (Phi) is 8.56. The van der Waals surface area contributed by atoms with Gasteiger partial charge in [0, 0.05) is 19.1 Å². The van der Waals surface area contributed by atoms with Gasteiger partial charge in [-0.3, -0.25) is 0 Å². The lowest BCUT2D eigenvalue weighted by Gasteiger charge is -2.16. The van der Waals surface area contributed by atoms with Gasteiger partial charge < -0.3 is 5.32 Å². The quantitative estimate of drug-likeness (QED) is 0.605. The van der Waals surface area contributed by atoms with Gasteiger partial charge in [-0.05, 0) is 31.0 Å². The van der Waals surface area contributed by atoms with Crippen LogP contribution in [0.2, 0.25) is 0 Å². The molecule has 0 amide bonds. The standard InChI is InChI=1S/C16H23N3O2S.ClH/c17-13-14-6-5-9-16(12-14)22(20,21)19-11-10-18-15-7-3-1-2-4-8-15;/h5-6,9,12,15,18-19H,1-4,7-8,10-11H2;1H. The van der Waals surface area contributed by atoms with Crippen LogP contribution in [0, 0.1) is 11.3 Å².